The Hall–Kier alpha value is -2.25. The van der Waals surface area contributed by atoms with Gasteiger partial charge in [-0.25, -0.2) is 0 Å². The summed E-state index contributed by atoms with van der Waals surface area (Å²) in [7, 11) is 0. The molecule has 0 radical (unpaired) electrons. The first-order valence-corrected chi connectivity index (χ1v) is 7.90. The van der Waals surface area contributed by atoms with E-state index in [-0.39, 0.29) is 24.3 Å². The number of hydrogen-bond acceptors (Lipinski definition) is 3. The van der Waals surface area contributed by atoms with Crippen molar-refractivity contribution in [2.75, 3.05) is 6.54 Å². The fourth-order valence-corrected chi connectivity index (χ4v) is 3.06. The van der Waals surface area contributed by atoms with Gasteiger partial charge in [-0.2, -0.15) is 18.3 Å². The Morgan fingerprint density at radius 1 is 1.33 bits per heavy atom. The Balaban J connectivity index is 1.70. The molecule has 3 rings (SSSR count). The van der Waals surface area contributed by atoms with Gasteiger partial charge in [-0.3, -0.25) is 9.48 Å². The first kappa shape index (κ1) is 16.6. The van der Waals surface area contributed by atoms with Crippen molar-refractivity contribution < 1.29 is 22.4 Å². The number of carbonyl (C=O) groups is 1. The summed E-state index contributed by atoms with van der Waals surface area (Å²) in [5.41, 5.74) is -0.924. The Kier molecular flexibility index (Phi) is 4.64. The van der Waals surface area contributed by atoms with Crippen LogP contribution in [-0.2, 0) is 12.7 Å². The van der Waals surface area contributed by atoms with Crippen LogP contribution in [0.15, 0.2) is 35.1 Å². The van der Waals surface area contributed by atoms with Crippen molar-refractivity contribution >= 4 is 5.91 Å². The molecular formula is C16H18F3N3O2. The molecule has 0 spiro atoms. The number of halogens is 3. The number of alkyl halides is 3. The summed E-state index contributed by atoms with van der Waals surface area (Å²) in [5, 5.41) is 3.53. The maximum Gasteiger partial charge on any atom is 0.435 e. The van der Waals surface area contributed by atoms with E-state index in [1.807, 2.05) is 0 Å². The number of amides is 1. The van der Waals surface area contributed by atoms with E-state index in [9.17, 15) is 18.0 Å². The van der Waals surface area contributed by atoms with E-state index < -0.39 is 11.9 Å². The second-order valence-electron chi connectivity index (χ2n) is 5.88. The van der Waals surface area contributed by atoms with Crippen molar-refractivity contribution in [1.82, 2.24) is 14.7 Å². The van der Waals surface area contributed by atoms with Crippen molar-refractivity contribution in [3.05, 3.63) is 42.1 Å². The lowest BCUT2D eigenvalue weighted by atomic mass is 10.2. The van der Waals surface area contributed by atoms with Crippen molar-refractivity contribution in [3.8, 4) is 0 Å². The molecule has 0 aliphatic heterocycles. The molecule has 0 saturated heterocycles. The molecular weight excluding hydrogens is 323 g/mol. The molecule has 1 fully saturated rings. The van der Waals surface area contributed by atoms with Crippen molar-refractivity contribution in [1.29, 1.82) is 0 Å². The molecule has 24 heavy (non-hydrogen) atoms. The molecule has 5 nitrogen and oxygen atoms in total. The van der Waals surface area contributed by atoms with Gasteiger partial charge in [0.15, 0.2) is 11.5 Å². The maximum atomic E-state index is 12.6. The Labute approximate surface area is 137 Å². The SMILES string of the molecule is O=C(c1ccco1)N(CCn1ccc(C(F)(F)F)n1)C1CCCC1. The van der Waals surface area contributed by atoms with Gasteiger partial charge in [-0.15, -0.1) is 0 Å². The van der Waals surface area contributed by atoms with Gasteiger partial charge in [-0.1, -0.05) is 12.8 Å². The van der Waals surface area contributed by atoms with Crippen LogP contribution in [0.3, 0.4) is 0 Å². The number of rotatable bonds is 5. The third-order valence-corrected chi connectivity index (χ3v) is 4.26. The van der Waals surface area contributed by atoms with E-state index in [0.29, 0.717) is 6.54 Å². The first-order valence-electron chi connectivity index (χ1n) is 7.90. The highest BCUT2D eigenvalue weighted by atomic mass is 19.4. The molecule has 1 saturated carbocycles. The molecule has 0 bridgehead atoms. The monoisotopic (exact) mass is 341 g/mol. The molecule has 2 aromatic heterocycles. The summed E-state index contributed by atoms with van der Waals surface area (Å²) in [4.78, 5) is 14.3. The summed E-state index contributed by atoms with van der Waals surface area (Å²) in [6.45, 7) is 0.502. The minimum atomic E-state index is -4.46. The number of aromatic nitrogens is 2. The van der Waals surface area contributed by atoms with Gasteiger partial charge in [-0.05, 0) is 31.0 Å². The van der Waals surface area contributed by atoms with Crippen LogP contribution in [0.5, 0.6) is 0 Å². The lowest BCUT2D eigenvalue weighted by molar-refractivity contribution is -0.141. The predicted molar refractivity (Wildman–Crippen MR) is 79.2 cm³/mol. The van der Waals surface area contributed by atoms with Gasteiger partial charge in [0.25, 0.3) is 5.91 Å². The number of furan rings is 1. The minimum absolute atomic E-state index is 0.0975. The average Bonchev–Trinajstić information content (AvgIpc) is 3.28. The van der Waals surface area contributed by atoms with Gasteiger partial charge < -0.3 is 9.32 Å². The maximum absolute atomic E-state index is 12.6. The van der Waals surface area contributed by atoms with Gasteiger partial charge in [0, 0.05) is 18.8 Å². The van der Waals surface area contributed by atoms with Crippen LogP contribution in [-0.4, -0.2) is 33.2 Å². The highest BCUT2D eigenvalue weighted by molar-refractivity contribution is 5.91. The molecule has 2 heterocycles. The molecule has 1 amide bonds. The Morgan fingerprint density at radius 2 is 2.08 bits per heavy atom. The predicted octanol–water partition coefficient (Wildman–Crippen LogP) is 3.58. The van der Waals surface area contributed by atoms with Crippen LogP contribution < -0.4 is 0 Å². The van der Waals surface area contributed by atoms with E-state index in [0.717, 1.165) is 31.7 Å². The molecule has 0 aromatic carbocycles. The second kappa shape index (κ2) is 6.70. The third-order valence-electron chi connectivity index (χ3n) is 4.26. The average molecular weight is 341 g/mol. The van der Waals surface area contributed by atoms with Gasteiger partial charge in [0.05, 0.1) is 12.8 Å². The highest BCUT2D eigenvalue weighted by Gasteiger charge is 2.34. The van der Waals surface area contributed by atoms with Crippen molar-refractivity contribution in [2.24, 2.45) is 0 Å². The molecule has 2 aromatic rings. The minimum Gasteiger partial charge on any atom is -0.459 e. The van der Waals surface area contributed by atoms with Gasteiger partial charge in [0.1, 0.15) is 0 Å². The van der Waals surface area contributed by atoms with Crippen LogP contribution in [0.2, 0.25) is 0 Å². The van der Waals surface area contributed by atoms with Crippen LogP contribution in [0.25, 0.3) is 0 Å². The fraction of sp³-hybridized carbons (Fsp3) is 0.500. The zero-order valence-corrected chi connectivity index (χ0v) is 13.0. The summed E-state index contributed by atoms with van der Waals surface area (Å²) >= 11 is 0. The highest BCUT2D eigenvalue weighted by Crippen LogP contribution is 2.28. The van der Waals surface area contributed by atoms with Crippen LogP contribution >= 0.6 is 0 Å². The molecule has 0 N–H and O–H groups in total. The zero-order chi connectivity index (χ0) is 17.2. The quantitative estimate of drug-likeness (QED) is 0.835. The van der Waals surface area contributed by atoms with E-state index >= 15 is 0 Å². The lowest BCUT2D eigenvalue weighted by Gasteiger charge is -2.28. The molecule has 1 aliphatic rings. The van der Waals surface area contributed by atoms with E-state index in [1.165, 1.54) is 17.1 Å². The molecule has 1 aliphatic carbocycles. The Bertz CT molecular complexity index is 673. The fourth-order valence-electron chi connectivity index (χ4n) is 3.06. The standard InChI is InChI=1S/C16H18F3N3O2/c17-16(18,19)14-7-8-21(20-14)9-10-22(12-4-1-2-5-12)15(23)13-6-3-11-24-13/h3,6-8,11-12H,1-2,4-5,9-10H2. The van der Waals surface area contributed by atoms with Crippen LogP contribution in [0.1, 0.15) is 41.9 Å². The first-order chi connectivity index (χ1) is 11.4. The molecule has 0 atom stereocenters. The third kappa shape index (κ3) is 3.63. The number of carbonyl (C=O) groups excluding carboxylic acids is 1. The lowest BCUT2D eigenvalue weighted by Crippen LogP contribution is -2.40. The summed E-state index contributed by atoms with van der Waals surface area (Å²) < 4.78 is 44.2. The molecule has 0 unspecified atom stereocenters. The normalized spacial score (nSPS) is 15.8. The van der Waals surface area contributed by atoms with E-state index in [2.05, 4.69) is 5.10 Å². The summed E-state index contributed by atoms with van der Waals surface area (Å²) in [6.07, 6.45) is 2.16. The van der Waals surface area contributed by atoms with Gasteiger partial charge >= 0.3 is 6.18 Å². The molecule has 8 heteroatoms. The van der Waals surface area contributed by atoms with E-state index in [1.54, 1.807) is 17.0 Å². The van der Waals surface area contributed by atoms with E-state index in [4.69, 9.17) is 4.42 Å². The number of nitrogens with zero attached hydrogens (tertiary/aromatic N) is 3. The summed E-state index contributed by atoms with van der Waals surface area (Å²) in [5.74, 6) is 0.0217. The van der Waals surface area contributed by atoms with Crippen molar-refractivity contribution in [2.45, 2.75) is 44.4 Å². The molecule has 130 valence electrons. The number of hydrogen-bond donors (Lipinski definition) is 0. The van der Waals surface area contributed by atoms with Crippen LogP contribution in [0.4, 0.5) is 13.2 Å². The zero-order valence-electron chi connectivity index (χ0n) is 13.0. The van der Waals surface area contributed by atoms with Gasteiger partial charge in [0.2, 0.25) is 0 Å². The second-order valence-corrected chi connectivity index (χ2v) is 5.88. The van der Waals surface area contributed by atoms with Crippen molar-refractivity contribution in [3.63, 3.8) is 0 Å². The smallest absolute Gasteiger partial charge is 0.435 e. The topological polar surface area (TPSA) is 51.3 Å². The van der Waals surface area contributed by atoms with Crippen LogP contribution in [0, 0.1) is 0 Å². The Morgan fingerprint density at radius 3 is 2.67 bits per heavy atom. The largest absolute Gasteiger partial charge is 0.459 e. The summed E-state index contributed by atoms with van der Waals surface area (Å²) in [6, 6.07) is 4.28.